The summed E-state index contributed by atoms with van der Waals surface area (Å²) < 4.78 is 5.39. The number of aryl methyl sites for hydroxylation is 1. The maximum atomic E-state index is 11.9. The number of nitrogens with two attached hydrogens (primary N) is 1. The molecule has 0 aromatic heterocycles. The predicted molar refractivity (Wildman–Crippen MR) is 75.0 cm³/mol. The number of carbonyl (C=O) groups is 1. The number of ether oxygens (including phenoxy) is 1. The second-order valence-corrected chi connectivity index (χ2v) is 4.40. The van der Waals surface area contributed by atoms with Crippen LogP contribution in [0.2, 0.25) is 0 Å². The summed E-state index contributed by atoms with van der Waals surface area (Å²) in [7, 11) is 0. The average Bonchev–Trinajstić information content (AvgIpc) is 3.03. The van der Waals surface area contributed by atoms with Crippen LogP contribution in [0.4, 0.5) is 11.4 Å². The molecule has 1 aromatic rings. The number of benzene rings is 1. The number of hydrogen-bond acceptors (Lipinski definition) is 3. The lowest BCUT2D eigenvalue weighted by Gasteiger charge is -2.09. The first-order valence-corrected chi connectivity index (χ1v) is 5.90. The van der Waals surface area contributed by atoms with E-state index in [1.807, 2.05) is 26.0 Å². The lowest BCUT2D eigenvalue weighted by molar-refractivity contribution is -0.118. The van der Waals surface area contributed by atoms with E-state index in [-0.39, 0.29) is 30.3 Å². The van der Waals surface area contributed by atoms with Gasteiger partial charge in [-0.1, -0.05) is 6.07 Å². The minimum Gasteiger partial charge on any atom is -0.399 e. The number of rotatable bonds is 4. The zero-order valence-electron chi connectivity index (χ0n) is 10.6. The fourth-order valence-corrected chi connectivity index (χ4v) is 1.85. The van der Waals surface area contributed by atoms with Gasteiger partial charge in [-0.05, 0) is 38.0 Å². The number of halogens is 1. The molecule has 100 valence electrons. The lowest BCUT2D eigenvalue weighted by atomic mass is 10.2. The third kappa shape index (κ3) is 3.37. The van der Waals surface area contributed by atoms with Gasteiger partial charge >= 0.3 is 0 Å². The minimum absolute atomic E-state index is 0. The highest BCUT2D eigenvalue weighted by Crippen LogP contribution is 2.35. The summed E-state index contributed by atoms with van der Waals surface area (Å²) in [6.07, 6.45) is 0.919. The standard InChI is InChI=1S/C13H18N2O2.ClH/c1-3-17-12-7-10(12)13(16)15-11-6-9(14)5-4-8(11)2;/h4-6,10,12H,3,7,14H2,1-2H3,(H,15,16);1H. The van der Waals surface area contributed by atoms with E-state index in [9.17, 15) is 4.79 Å². The van der Waals surface area contributed by atoms with Crippen LogP contribution < -0.4 is 11.1 Å². The Bertz CT molecular complexity index is 437. The van der Waals surface area contributed by atoms with E-state index in [4.69, 9.17) is 10.5 Å². The molecule has 1 saturated carbocycles. The quantitative estimate of drug-likeness (QED) is 0.826. The fraction of sp³-hybridized carbons (Fsp3) is 0.462. The summed E-state index contributed by atoms with van der Waals surface area (Å²) in [5.74, 6) is 0.0212. The smallest absolute Gasteiger partial charge is 0.230 e. The van der Waals surface area contributed by atoms with Crippen molar-refractivity contribution in [3.05, 3.63) is 23.8 Å². The minimum atomic E-state index is -0.00391. The molecule has 3 N–H and O–H groups in total. The summed E-state index contributed by atoms with van der Waals surface area (Å²) in [6, 6.07) is 5.51. The molecular weight excluding hydrogens is 252 g/mol. The van der Waals surface area contributed by atoms with Crippen LogP contribution in [0, 0.1) is 12.8 Å². The first-order chi connectivity index (χ1) is 8.11. The van der Waals surface area contributed by atoms with Crippen LogP contribution in [-0.2, 0) is 9.53 Å². The van der Waals surface area contributed by atoms with Gasteiger partial charge in [0, 0.05) is 18.0 Å². The number of nitrogen functional groups attached to an aromatic ring is 1. The zero-order chi connectivity index (χ0) is 12.4. The Morgan fingerprint density at radius 1 is 1.56 bits per heavy atom. The van der Waals surface area contributed by atoms with Crippen molar-refractivity contribution in [2.75, 3.05) is 17.7 Å². The van der Waals surface area contributed by atoms with Crippen LogP contribution in [-0.4, -0.2) is 18.6 Å². The van der Waals surface area contributed by atoms with Gasteiger partial charge in [-0.25, -0.2) is 0 Å². The summed E-state index contributed by atoms with van der Waals surface area (Å²) >= 11 is 0. The summed E-state index contributed by atoms with van der Waals surface area (Å²) in [5, 5.41) is 2.90. The predicted octanol–water partition coefficient (Wildman–Crippen LogP) is 2.36. The normalized spacial score (nSPS) is 21.0. The molecule has 1 aromatic carbocycles. The maximum Gasteiger partial charge on any atom is 0.230 e. The van der Waals surface area contributed by atoms with E-state index < -0.39 is 0 Å². The van der Waals surface area contributed by atoms with Crippen LogP contribution in [0.15, 0.2) is 18.2 Å². The molecule has 0 saturated heterocycles. The Hall–Kier alpha value is -1.26. The van der Waals surface area contributed by atoms with Crippen molar-refractivity contribution in [1.29, 1.82) is 0 Å². The van der Waals surface area contributed by atoms with Crippen molar-refractivity contribution in [3.8, 4) is 0 Å². The van der Waals surface area contributed by atoms with Gasteiger partial charge in [0.1, 0.15) is 0 Å². The third-order valence-corrected chi connectivity index (χ3v) is 2.97. The monoisotopic (exact) mass is 270 g/mol. The van der Waals surface area contributed by atoms with Gasteiger partial charge < -0.3 is 15.8 Å². The SMILES string of the molecule is CCOC1CC1C(=O)Nc1cc(N)ccc1C.Cl. The topological polar surface area (TPSA) is 64.3 Å². The average molecular weight is 271 g/mol. The number of carbonyl (C=O) groups excluding carboxylic acids is 1. The summed E-state index contributed by atoms with van der Waals surface area (Å²) in [5.41, 5.74) is 8.15. The van der Waals surface area contributed by atoms with Gasteiger partial charge in [0.2, 0.25) is 5.91 Å². The summed E-state index contributed by atoms with van der Waals surface area (Å²) in [6.45, 7) is 4.54. The van der Waals surface area contributed by atoms with Gasteiger partial charge in [0.15, 0.2) is 0 Å². The molecule has 1 amide bonds. The zero-order valence-corrected chi connectivity index (χ0v) is 11.4. The first-order valence-electron chi connectivity index (χ1n) is 5.90. The van der Waals surface area contributed by atoms with E-state index >= 15 is 0 Å². The van der Waals surface area contributed by atoms with Gasteiger partial charge in [-0.3, -0.25) is 4.79 Å². The van der Waals surface area contributed by atoms with Gasteiger partial charge in [-0.15, -0.1) is 12.4 Å². The van der Waals surface area contributed by atoms with Crippen LogP contribution >= 0.6 is 12.4 Å². The Morgan fingerprint density at radius 3 is 2.94 bits per heavy atom. The van der Waals surface area contributed by atoms with E-state index in [1.165, 1.54) is 0 Å². The number of amides is 1. The van der Waals surface area contributed by atoms with E-state index in [0.717, 1.165) is 17.7 Å². The van der Waals surface area contributed by atoms with Gasteiger partial charge in [-0.2, -0.15) is 0 Å². The fourth-order valence-electron chi connectivity index (χ4n) is 1.85. The molecule has 1 fully saturated rings. The number of hydrogen-bond donors (Lipinski definition) is 2. The Morgan fingerprint density at radius 2 is 2.28 bits per heavy atom. The Labute approximate surface area is 113 Å². The number of anilines is 2. The lowest BCUT2D eigenvalue weighted by Crippen LogP contribution is -2.17. The van der Waals surface area contributed by atoms with Crippen molar-refractivity contribution in [3.63, 3.8) is 0 Å². The molecule has 4 nitrogen and oxygen atoms in total. The second-order valence-electron chi connectivity index (χ2n) is 4.40. The maximum absolute atomic E-state index is 11.9. The molecule has 1 aliphatic rings. The molecule has 1 aliphatic carbocycles. The molecule has 2 rings (SSSR count). The molecule has 18 heavy (non-hydrogen) atoms. The highest BCUT2D eigenvalue weighted by atomic mass is 35.5. The molecule has 5 heteroatoms. The Balaban J connectivity index is 0.00000162. The molecule has 0 bridgehead atoms. The Kier molecular flexibility index (Phi) is 4.99. The molecule has 0 heterocycles. The molecule has 2 atom stereocenters. The van der Waals surface area contributed by atoms with Crippen molar-refractivity contribution in [1.82, 2.24) is 0 Å². The number of nitrogens with one attached hydrogen (secondary N) is 1. The second kappa shape index (κ2) is 6.07. The van der Waals surface area contributed by atoms with Gasteiger partial charge in [0.25, 0.3) is 0 Å². The van der Waals surface area contributed by atoms with Crippen LogP contribution in [0.5, 0.6) is 0 Å². The van der Waals surface area contributed by atoms with Gasteiger partial charge in [0.05, 0.1) is 12.0 Å². The van der Waals surface area contributed by atoms with Crippen molar-refractivity contribution < 1.29 is 9.53 Å². The molecule has 0 radical (unpaired) electrons. The highest BCUT2D eigenvalue weighted by molar-refractivity contribution is 5.95. The van der Waals surface area contributed by atoms with Crippen LogP contribution in [0.1, 0.15) is 18.9 Å². The first kappa shape index (κ1) is 14.8. The van der Waals surface area contributed by atoms with Crippen LogP contribution in [0.3, 0.4) is 0 Å². The largest absolute Gasteiger partial charge is 0.399 e. The molecular formula is C13H19ClN2O2. The molecule has 2 unspecified atom stereocenters. The summed E-state index contributed by atoms with van der Waals surface area (Å²) in [4.78, 5) is 11.9. The van der Waals surface area contributed by atoms with E-state index in [2.05, 4.69) is 5.32 Å². The molecule has 0 spiro atoms. The van der Waals surface area contributed by atoms with Crippen LogP contribution in [0.25, 0.3) is 0 Å². The van der Waals surface area contributed by atoms with E-state index in [0.29, 0.717) is 12.3 Å². The highest BCUT2D eigenvalue weighted by Gasteiger charge is 2.43. The van der Waals surface area contributed by atoms with Crippen molar-refractivity contribution >= 4 is 29.7 Å². The molecule has 0 aliphatic heterocycles. The van der Waals surface area contributed by atoms with Crippen molar-refractivity contribution in [2.45, 2.75) is 26.4 Å². The van der Waals surface area contributed by atoms with E-state index in [1.54, 1.807) is 6.07 Å². The third-order valence-electron chi connectivity index (χ3n) is 2.97. The van der Waals surface area contributed by atoms with Crippen molar-refractivity contribution in [2.24, 2.45) is 5.92 Å².